The van der Waals surface area contributed by atoms with E-state index in [0.717, 1.165) is 11.1 Å². The highest BCUT2D eigenvalue weighted by molar-refractivity contribution is 7.07. The summed E-state index contributed by atoms with van der Waals surface area (Å²) in [4.78, 5) is 44.2. The molecule has 1 unspecified atom stereocenters. The smallest absolute Gasteiger partial charge is 0.407 e. The number of rotatable bonds is 7. The lowest BCUT2D eigenvalue weighted by Crippen LogP contribution is -2.39. The zero-order valence-electron chi connectivity index (χ0n) is 24.5. The number of aromatic nitrogens is 4. The molecule has 3 heterocycles. The minimum Gasteiger partial charge on any atom is -0.463 e. The van der Waals surface area contributed by atoms with Gasteiger partial charge < -0.3 is 14.8 Å². The number of amides is 1. The third-order valence-corrected chi connectivity index (χ3v) is 7.44. The number of hydrogen-bond donors (Lipinski definition) is 1. The molecule has 43 heavy (non-hydrogen) atoms. The van der Waals surface area contributed by atoms with E-state index in [0.29, 0.717) is 32.0 Å². The Morgan fingerprint density at radius 3 is 2.53 bits per heavy atom. The van der Waals surface area contributed by atoms with Crippen LogP contribution in [0.4, 0.5) is 4.79 Å². The monoisotopic (exact) mass is 600 g/mol. The number of hydrogen-bond acceptors (Lipinski definition) is 9. The topological polar surface area (TPSA) is 130 Å². The normalized spacial score (nSPS) is 15.1. The van der Waals surface area contributed by atoms with Crippen LogP contribution in [0.15, 0.2) is 81.9 Å². The number of carbonyl (C=O) groups excluding carboxylic acids is 2. The fourth-order valence-corrected chi connectivity index (χ4v) is 5.71. The Labute approximate surface area is 251 Å². The van der Waals surface area contributed by atoms with Crippen LogP contribution in [0.1, 0.15) is 57.5 Å². The zero-order chi connectivity index (χ0) is 30.7. The van der Waals surface area contributed by atoms with Crippen LogP contribution in [-0.4, -0.2) is 43.8 Å². The molecule has 0 spiro atoms. The Hall–Kier alpha value is -4.84. The van der Waals surface area contributed by atoms with Crippen LogP contribution in [0.25, 0.3) is 11.8 Å². The van der Waals surface area contributed by atoms with Gasteiger partial charge in [-0.15, -0.1) is 5.10 Å². The Balaban J connectivity index is 1.52. The van der Waals surface area contributed by atoms with E-state index in [1.165, 1.54) is 11.3 Å². The highest BCUT2D eigenvalue weighted by Crippen LogP contribution is 2.30. The van der Waals surface area contributed by atoms with E-state index >= 15 is 0 Å². The number of benzene rings is 2. The van der Waals surface area contributed by atoms with E-state index in [1.54, 1.807) is 56.1 Å². The maximum Gasteiger partial charge on any atom is 0.407 e. The number of para-hydroxylation sites is 1. The van der Waals surface area contributed by atoms with E-state index in [4.69, 9.17) is 9.47 Å². The Bertz CT molecular complexity index is 1880. The summed E-state index contributed by atoms with van der Waals surface area (Å²) in [5, 5.41) is 11.1. The molecule has 11 nitrogen and oxygen atoms in total. The fraction of sp³-hybridized carbons (Fsp3) is 0.290. The van der Waals surface area contributed by atoms with Crippen LogP contribution in [0.5, 0.6) is 0 Å². The van der Waals surface area contributed by atoms with Crippen molar-refractivity contribution in [1.29, 1.82) is 0 Å². The number of thiazole rings is 1. The summed E-state index contributed by atoms with van der Waals surface area (Å²) in [7, 11) is 0. The van der Waals surface area contributed by atoms with E-state index < -0.39 is 23.7 Å². The molecule has 0 saturated carbocycles. The van der Waals surface area contributed by atoms with Gasteiger partial charge in [0.15, 0.2) is 4.80 Å². The van der Waals surface area contributed by atoms with Gasteiger partial charge in [0.25, 0.3) is 5.56 Å². The summed E-state index contributed by atoms with van der Waals surface area (Å²) in [5.41, 5.74) is 2.68. The number of ether oxygens (including phenoxy) is 2. The van der Waals surface area contributed by atoms with Crippen molar-refractivity contribution in [3.63, 3.8) is 0 Å². The molecule has 12 heteroatoms. The summed E-state index contributed by atoms with van der Waals surface area (Å²) in [6, 6.07) is 16.2. The number of esters is 1. The van der Waals surface area contributed by atoms with Crippen LogP contribution in [0.2, 0.25) is 0 Å². The molecule has 1 aliphatic rings. The maximum absolute atomic E-state index is 14.0. The third kappa shape index (κ3) is 6.49. The quantitative estimate of drug-likeness (QED) is 0.322. The second-order valence-corrected chi connectivity index (χ2v) is 11.8. The van der Waals surface area contributed by atoms with Crippen molar-refractivity contribution in [3.8, 4) is 5.69 Å². The molecule has 0 aliphatic carbocycles. The minimum absolute atomic E-state index is 0.136. The molecule has 222 valence electrons. The number of nitrogens with one attached hydrogen (secondary N) is 1. The molecule has 4 aromatic rings. The molecule has 1 N–H and O–H groups in total. The van der Waals surface area contributed by atoms with Gasteiger partial charge in [0, 0.05) is 5.56 Å². The largest absolute Gasteiger partial charge is 0.463 e. The van der Waals surface area contributed by atoms with Crippen molar-refractivity contribution in [2.45, 2.75) is 52.8 Å². The zero-order valence-corrected chi connectivity index (χ0v) is 25.3. The van der Waals surface area contributed by atoms with Gasteiger partial charge in [-0.1, -0.05) is 65.1 Å². The number of carbonyl (C=O) groups is 2. The van der Waals surface area contributed by atoms with Crippen LogP contribution in [0, 0.1) is 0 Å². The maximum atomic E-state index is 14.0. The molecule has 0 fully saturated rings. The molecule has 2 aromatic heterocycles. The molecule has 1 atom stereocenters. The van der Waals surface area contributed by atoms with Crippen LogP contribution in [0.3, 0.4) is 0 Å². The van der Waals surface area contributed by atoms with Gasteiger partial charge in [-0.3, -0.25) is 9.36 Å². The first-order valence-electron chi connectivity index (χ1n) is 13.8. The average Bonchev–Trinajstić information content (AvgIpc) is 3.55. The molecule has 0 bridgehead atoms. The standard InChI is InChI=1S/C31H32N6O5S/c1-6-41-28(39)25-19(2)33-29-37(26(25)20-12-8-7-9-13-20)27(38)24(43-29)16-21-14-10-11-15-23(21)36-18-22(34-35-36)17-32-30(40)42-31(3,4)5/h7-16,18,26H,6,17H2,1-5H3,(H,32,40)/b24-16-. The Kier molecular flexibility index (Phi) is 8.40. The first kappa shape index (κ1) is 29.6. The number of allylic oxidation sites excluding steroid dienone is 1. The molecule has 0 saturated heterocycles. The van der Waals surface area contributed by atoms with Gasteiger partial charge in [-0.05, 0) is 52.3 Å². The summed E-state index contributed by atoms with van der Waals surface area (Å²) >= 11 is 1.25. The lowest BCUT2D eigenvalue weighted by molar-refractivity contribution is -0.139. The predicted molar refractivity (Wildman–Crippen MR) is 161 cm³/mol. The SMILES string of the molecule is CCOC(=O)C1=C(C)N=c2s/c(=C\c3ccccc3-n3cc(CNC(=O)OC(C)(C)C)nn3)c(=O)n2C1c1ccccc1. The van der Waals surface area contributed by atoms with Gasteiger partial charge >= 0.3 is 12.1 Å². The average molecular weight is 601 g/mol. The molecule has 1 amide bonds. The molecule has 5 rings (SSSR count). The Morgan fingerprint density at radius 1 is 1.09 bits per heavy atom. The third-order valence-electron chi connectivity index (χ3n) is 6.46. The fourth-order valence-electron chi connectivity index (χ4n) is 4.68. The van der Waals surface area contributed by atoms with E-state index in [1.807, 2.05) is 54.6 Å². The molecule has 0 radical (unpaired) electrons. The number of alkyl carbamates (subject to hydrolysis) is 1. The van der Waals surface area contributed by atoms with Crippen LogP contribution in [-0.2, 0) is 20.8 Å². The van der Waals surface area contributed by atoms with Gasteiger partial charge in [0.05, 0.1) is 46.9 Å². The van der Waals surface area contributed by atoms with Crippen molar-refractivity contribution in [1.82, 2.24) is 24.9 Å². The molecule has 2 aromatic carbocycles. The molecular weight excluding hydrogens is 568 g/mol. The lowest BCUT2D eigenvalue weighted by atomic mass is 9.96. The summed E-state index contributed by atoms with van der Waals surface area (Å²) < 4.78 is 14.2. The lowest BCUT2D eigenvalue weighted by Gasteiger charge is -2.24. The first-order chi connectivity index (χ1) is 20.6. The van der Waals surface area contributed by atoms with Gasteiger partial charge in [-0.25, -0.2) is 19.3 Å². The van der Waals surface area contributed by atoms with Crippen molar-refractivity contribution < 1.29 is 19.1 Å². The second kappa shape index (κ2) is 12.2. The highest BCUT2D eigenvalue weighted by atomic mass is 32.1. The highest BCUT2D eigenvalue weighted by Gasteiger charge is 2.33. The minimum atomic E-state index is -0.677. The predicted octanol–water partition coefficient (Wildman–Crippen LogP) is 3.40. The van der Waals surface area contributed by atoms with Gasteiger partial charge in [-0.2, -0.15) is 0 Å². The summed E-state index contributed by atoms with van der Waals surface area (Å²) in [6.07, 6.45) is 2.94. The second-order valence-electron chi connectivity index (χ2n) is 10.8. The van der Waals surface area contributed by atoms with Crippen LogP contribution >= 0.6 is 11.3 Å². The van der Waals surface area contributed by atoms with E-state index in [2.05, 4.69) is 20.6 Å². The molecular formula is C31H32N6O5S. The molecule has 1 aliphatic heterocycles. The first-order valence-corrected chi connectivity index (χ1v) is 14.6. The van der Waals surface area contributed by atoms with Crippen molar-refractivity contribution >= 4 is 29.5 Å². The van der Waals surface area contributed by atoms with E-state index in [-0.39, 0.29) is 18.7 Å². The van der Waals surface area contributed by atoms with Gasteiger partial charge in [0.2, 0.25) is 0 Å². The number of nitrogens with zero attached hydrogens (tertiary/aromatic N) is 5. The summed E-state index contributed by atoms with van der Waals surface area (Å²) in [5.74, 6) is -0.500. The summed E-state index contributed by atoms with van der Waals surface area (Å²) in [6.45, 7) is 9.22. The Morgan fingerprint density at radius 2 is 1.81 bits per heavy atom. The van der Waals surface area contributed by atoms with Crippen molar-refractivity contribution in [2.75, 3.05) is 6.61 Å². The van der Waals surface area contributed by atoms with E-state index in [9.17, 15) is 14.4 Å². The number of fused-ring (bicyclic) bond motifs is 1. The van der Waals surface area contributed by atoms with Crippen molar-refractivity contribution in [2.24, 2.45) is 4.99 Å². The van der Waals surface area contributed by atoms with Crippen molar-refractivity contribution in [3.05, 3.63) is 109 Å². The van der Waals surface area contributed by atoms with Gasteiger partial charge in [0.1, 0.15) is 11.3 Å². The van der Waals surface area contributed by atoms with Crippen LogP contribution < -0.4 is 20.2 Å².